The Morgan fingerprint density at radius 2 is 1.72 bits per heavy atom. The van der Waals surface area contributed by atoms with Crippen LogP contribution in [-0.2, 0) is 27.9 Å². The summed E-state index contributed by atoms with van der Waals surface area (Å²) in [5, 5.41) is 11.0. The quantitative estimate of drug-likeness (QED) is 0.564. The van der Waals surface area contributed by atoms with Crippen LogP contribution in [0.1, 0.15) is 11.1 Å². The zero-order chi connectivity index (χ0) is 18.4. The average Bonchev–Trinajstić information content (AvgIpc) is 2.59. The monoisotopic (exact) mass is 365 g/mol. The minimum atomic E-state index is -4.04. The van der Waals surface area contributed by atoms with Crippen LogP contribution in [0, 0.1) is 10.1 Å². The number of nitrogens with one attached hydrogen (secondary N) is 1. The maximum Gasteiger partial charge on any atom is 0.404 e. The lowest BCUT2D eigenvalue weighted by atomic mass is 10.1. The first-order valence-corrected chi connectivity index (χ1v) is 8.51. The molecule has 10 heteroatoms. The van der Waals surface area contributed by atoms with Gasteiger partial charge in [-0.15, -0.1) is 0 Å². The molecule has 3 N–H and O–H groups in total. The molecule has 2 rings (SSSR count). The Morgan fingerprint density at radius 3 is 2.32 bits per heavy atom. The number of amides is 1. The molecule has 2 aromatic carbocycles. The average molecular weight is 365 g/mol. The highest BCUT2D eigenvalue weighted by Gasteiger charge is 2.24. The van der Waals surface area contributed by atoms with Crippen molar-refractivity contribution in [2.75, 3.05) is 0 Å². The number of nitrogens with two attached hydrogens (primary N) is 1. The number of nitrogens with zero attached hydrogens (tertiary/aromatic N) is 1. The first kappa shape index (κ1) is 18.4. The highest BCUT2D eigenvalue weighted by molar-refractivity contribution is 7.89. The minimum Gasteiger partial charge on any atom is -0.445 e. The van der Waals surface area contributed by atoms with E-state index in [-0.39, 0.29) is 13.2 Å². The zero-order valence-corrected chi connectivity index (χ0v) is 13.7. The third kappa shape index (κ3) is 4.99. The van der Waals surface area contributed by atoms with Crippen molar-refractivity contribution >= 4 is 21.8 Å². The third-order valence-corrected chi connectivity index (χ3v) is 4.67. The Kier molecular flexibility index (Phi) is 5.67. The SMILES string of the molecule is NC(=O)OCc1ccc(CNS(=O)(=O)c2ccccc2[N+](=O)[O-])cc1. The fourth-order valence-corrected chi connectivity index (χ4v) is 3.19. The van der Waals surface area contributed by atoms with E-state index in [4.69, 9.17) is 5.73 Å². The fourth-order valence-electron chi connectivity index (χ4n) is 2.00. The lowest BCUT2D eigenvalue weighted by Gasteiger charge is -2.08. The number of hydrogen-bond acceptors (Lipinski definition) is 6. The van der Waals surface area contributed by atoms with Gasteiger partial charge >= 0.3 is 6.09 Å². The van der Waals surface area contributed by atoms with E-state index >= 15 is 0 Å². The number of sulfonamides is 1. The predicted molar refractivity (Wildman–Crippen MR) is 87.9 cm³/mol. The van der Waals surface area contributed by atoms with Crippen molar-refractivity contribution in [1.82, 2.24) is 4.72 Å². The smallest absolute Gasteiger partial charge is 0.404 e. The summed E-state index contributed by atoms with van der Waals surface area (Å²) in [6.45, 7) is -0.0388. The second kappa shape index (κ2) is 7.73. The normalized spacial score (nSPS) is 11.0. The van der Waals surface area contributed by atoms with Gasteiger partial charge in [-0.3, -0.25) is 10.1 Å². The van der Waals surface area contributed by atoms with Crippen LogP contribution in [0.15, 0.2) is 53.4 Å². The standard InChI is InChI=1S/C15H15N3O6S/c16-15(19)24-10-12-7-5-11(6-8-12)9-17-25(22,23)14-4-2-1-3-13(14)18(20)21/h1-8,17H,9-10H2,(H2,16,19). The molecule has 0 radical (unpaired) electrons. The van der Waals surface area contributed by atoms with Crippen LogP contribution in [0.2, 0.25) is 0 Å². The van der Waals surface area contributed by atoms with Crippen molar-refractivity contribution in [2.24, 2.45) is 5.73 Å². The van der Waals surface area contributed by atoms with Crippen LogP contribution in [0.4, 0.5) is 10.5 Å². The van der Waals surface area contributed by atoms with E-state index in [1.165, 1.54) is 18.2 Å². The van der Waals surface area contributed by atoms with Crippen molar-refractivity contribution in [3.63, 3.8) is 0 Å². The Balaban J connectivity index is 2.07. The lowest BCUT2D eigenvalue weighted by Crippen LogP contribution is -2.24. The van der Waals surface area contributed by atoms with Gasteiger partial charge in [-0.1, -0.05) is 36.4 Å². The van der Waals surface area contributed by atoms with Crippen LogP contribution >= 0.6 is 0 Å². The topological polar surface area (TPSA) is 142 Å². The molecule has 0 bridgehead atoms. The molecule has 0 aliphatic rings. The molecule has 0 atom stereocenters. The molecule has 2 aromatic rings. The summed E-state index contributed by atoms with van der Waals surface area (Å²) < 4.78 is 31.5. The molecular weight excluding hydrogens is 350 g/mol. The van der Waals surface area contributed by atoms with E-state index < -0.39 is 31.6 Å². The molecule has 25 heavy (non-hydrogen) atoms. The summed E-state index contributed by atoms with van der Waals surface area (Å²) in [6, 6.07) is 11.7. The molecule has 0 aliphatic heterocycles. The molecule has 9 nitrogen and oxygen atoms in total. The zero-order valence-electron chi connectivity index (χ0n) is 12.9. The summed E-state index contributed by atoms with van der Waals surface area (Å²) in [4.78, 5) is 20.4. The van der Waals surface area contributed by atoms with Crippen LogP contribution in [0.5, 0.6) is 0 Å². The molecule has 0 saturated carbocycles. The number of para-hydroxylation sites is 1. The highest BCUT2D eigenvalue weighted by atomic mass is 32.2. The Bertz CT molecular complexity index is 880. The van der Waals surface area contributed by atoms with Gasteiger partial charge in [-0.05, 0) is 17.2 Å². The minimum absolute atomic E-state index is 0.0115. The second-order valence-electron chi connectivity index (χ2n) is 4.97. The molecule has 0 aliphatic carbocycles. The van der Waals surface area contributed by atoms with Gasteiger partial charge in [-0.25, -0.2) is 17.9 Å². The number of rotatable bonds is 7. The van der Waals surface area contributed by atoms with Gasteiger partial charge < -0.3 is 10.5 Å². The number of benzene rings is 2. The summed E-state index contributed by atoms with van der Waals surface area (Å²) in [7, 11) is -4.04. The van der Waals surface area contributed by atoms with Crippen LogP contribution in [0.3, 0.4) is 0 Å². The summed E-state index contributed by atoms with van der Waals surface area (Å²) in [5.41, 5.74) is 5.69. The van der Waals surface area contributed by atoms with E-state index in [0.29, 0.717) is 11.1 Å². The number of carbonyl (C=O) groups is 1. The number of carbonyl (C=O) groups excluding carboxylic acids is 1. The largest absolute Gasteiger partial charge is 0.445 e. The number of hydrogen-bond donors (Lipinski definition) is 2. The Labute approximate surface area is 143 Å². The van der Waals surface area contributed by atoms with Crippen molar-refractivity contribution in [3.8, 4) is 0 Å². The molecular formula is C15H15N3O6S. The maximum absolute atomic E-state index is 12.3. The molecule has 0 heterocycles. The van der Waals surface area contributed by atoms with Gasteiger partial charge in [0.2, 0.25) is 10.0 Å². The first-order valence-electron chi connectivity index (χ1n) is 7.03. The van der Waals surface area contributed by atoms with Crippen LogP contribution in [-0.4, -0.2) is 19.4 Å². The highest BCUT2D eigenvalue weighted by Crippen LogP contribution is 2.22. The van der Waals surface area contributed by atoms with E-state index in [0.717, 1.165) is 6.07 Å². The third-order valence-electron chi connectivity index (χ3n) is 3.22. The van der Waals surface area contributed by atoms with E-state index in [1.807, 2.05) is 0 Å². The predicted octanol–water partition coefficient (Wildman–Crippen LogP) is 1.67. The van der Waals surface area contributed by atoms with Gasteiger partial charge in [0, 0.05) is 12.6 Å². The van der Waals surface area contributed by atoms with Gasteiger partial charge in [0.25, 0.3) is 5.69 Å². The lowest BCUT2D eigenvalue weighted by molar-refractivity contribution is -0.387. The first-order chi connectivity index (χ1) is 11.8. The fraction of sp³-hybridized carbons (Fsp3) is 0.133. The van der Waals surface area contributed by atoms with Crippen LogP contribution in [0.25, 0.3) is 0 Å². The van der Waals surface area contributed by atoms with Gasteiger partial charge in [0.1, 0.15) is 6.61 Å². The number of ether oxygens (including phenoxy) is 1. The molecule has 1 amide bonds. The second-order valence-corrected chi connectivity index (χ2v) is 6.71. The molecule has 0 aromatic heterocycles. The van der Waals surface area contributed by atoms with E-state index in [1.54, 1.807) is 24.3 Å². The number of nitro groups is 1. The van der Waals surface area contributed by atoms with Crippen LogP contribution < -0.4 is 10.5 Å². The van der Waals surface area contributed by atoms with E-state index in [2.05, 4.69) is 9.46 Å². The molecule has 0 saturated heterocycles. The Hall–Kier alpha value is -2.98. The summed E-state index contributed by atoms with van der Waals surface area (Å²) >= 11 is 0. The summed E-state index contributed by atoms with van der Waals surface area (Å²) in [5.74, 6) is 0. The van der Waals surface area contributed by atoms with Gasteiger partial charge in [0.05, 0.1) is 4.92 Å². The summed E-state index contributed by atoms with van der Waals surface area (Å²) in [6.07, 6.45) is -0.888. The van der Waals surface area contributed by atoms with Gasteiger partial charge in [0.15, 0.2) is 4.90 Å². The van der Waals surface area contributed by atoms with Gasteiger partial charge in [-0.2, -0.15) is 0 Å². The Morgan fingerprint density at radius 1 is 1.12 bits per heavy atom. The molecule has 0 unspecified atom stereocenters. The van der Waals surface area contributed by atoms with Crippen molar-refractivity contribution in [1.29, 1.82) is 0 Å². The van der Waals surface area contributed by atoms with Crippen molar-refractivity contribution in [2.45, 2.75) is 18.0 Å². The van der Waals surface area contributed by atoms with Crippen molar-refractivity contribution < 1.29 is 22.9 Å². The number of nitro benzene ring substituents is 1. The van der Waals surface area contributed by atoms with Crippen molar-refractivity contribution in [3.05, 3.63) is 69.8 Å². The maximum atomic E-state index is 12.3. The number of primary amides is 1. The molecule has 132 valence electrons. The molecule has 0 spiro atoms. The van der Waals surface area contributed by atoms with E-state index in [9.17, 15) is 23.3 Å². The molecule has 0 fully saturated rings.